The third-order valence-electron chi connectivity index (χ3n) is 3.04. The first-order chi connectivity index (χ1) is 9.94. The van der Waals surface area contributed by atoms with Crippen molar-refractivity contribution in [1.29, 1.82) is 5.26 Å². The molecule has 0 spiro atoms. The molecule has 0 fully saturated rings. The van der Waals surface area contributed by atoms with Crippen molar-refractivity contribution < 1.29 is 12.8 Å². The summed E-state index contributed by atoms with van der Waals surface area (Å²) in [5.74, 6) is -0.854. The molecule has 21 heavy (non-hydrogen) atoms. The SMILES string of the molecule is CN(c1ccccc1F)S(=O)(=O)Cc1ccc(C#N)cc1. The molecule has 6 heteroatoms. The molecule has 0 saturated carbocycles. The van der Waals surface area contributed by atoms with Gasteiger partial charge in [-0.15, -0.1) is 0 Å². The highest BCUT2D eigenvalue weighted by atomic mass is 32.2. The first kappa shape index (κ1) is 15.0. The average molecular weight is 304 g/mol. The predicted octanol–water partition coefficient (Wildman–Crippen LogP) is 2.66. The van der Waals surface area contributed by atoms with Gasteiger partial charge in [0.2, 0.25) is 10.0 Å². The first-order valence-corrected chi connectivity index (χ1v) is 7.75. The molecular formula is C15H13FN2O2S. The van der Waals surface area contributed by atoms with Gasteiger partial charge in [0.25, 0.3) is 0 Å². The maximum atomic E-state index is 13.7. The lowest BCUT2D eigenvalue weighted by atomic mass is 10.2. The van der Waals surface area contributed by atoms with Crippen molar-refractivity contribution in [3.63, 3.8) is 0 Å². The van der Waals surface area contributed by atoms with Crippen molar-refractivity contribution in [2.24, 2.45) is 0 Å². The number of para-hydroxylation sites is 1. The number of sulfonamides is 1. The molecule has 0 heterocycles. The van der Waals surface area contributed by atoms with Gasteiger partial charge in [0, 0.05) is 7.05 Å². The second-order valence-electron chi connectivity index (χ2n) is 4.48. The number of nitriles is 1. The van der Waals surface area contributed by atoms with Gasteiger partial charge in [0.05, 0.1) is 23.1 Å². The Balaban J connectivity index is 2.25. The fourth-order valence-corrected chi connectivity index (χ4v) is 3.09. The van der Waals surface area contributed by atoms with Crippen LogP contribution in [0, 0.1) is 17.1 Å². The number of nitrogens with zero attached hydrogens (tertiary/aromatic N) is 2. The van der Waals surface area contributed by atoms with Crippen LogP contribution in [0.4, 0.5) is 10.1 Å². The van der Waals surface area contributed by atoms with Crippen LogP contribution in [0.5, 0.6) is 0 Å². The minimum absolute atomic E-state index is 0.00569. The van der Waals surface area contributed by atoms with Gasteiger partial charge in [0.1, 0.15) is 5.82 Å². The monoisotopic (exact) mass is 304 g/mol. The van der Waals surface area contributed by atoms with E-state index in [0.29, 0.717) is 11.1 Å². The number of anilines is 1. The van der Waals surface area contributed by atoms with Crippen LogP contribution in [-0.4, -0.2) is 15.5 Å². The molecular weight excluding hydrogens is 291 g/mol. The van der Waals surface area contributed by atoms with Crippen LogP contribution in [0.3, 0.4) is 0 Å². The molecule has 2 rings (SSSR count). The zero-order chi connectivity index (χ0) is 15.5. The van der Waals surface area contributed by atoms with Crippen LogP contribution in [0.15, 0.2) is 48.5 Å². The van der Waals surface area contributed by atoms with Crippen LogP contribution in [-0.2, 0) is 15.8 Å². The molecule has 4 nitrogen and oxygen atoms in total. The van der Waals surface area contributed by atoms with Gasteiger partial charge in [-0.3, -0.25) is 4.31 Å². The van der Waals surface area contributed by atoms with Crippen molar-refractivity contribution >= 4 is 15.7 Å². The molecule has 2 aromatic rings. The predicted molar refractivity (Wildman–Crippen MR) is 78.6 cm³/mol. The molecule has 0 aliphatic carbocycles. The zero-order valence-electron chi connectivity index (χ0n) is 11.3. The number of hydrogen-bond acceptors (Lipinski definition) is 3. The van der Waals surface area contributed by atoms with Gasteiger partial charge in [-0.05, 0) is 29.8 Å². The first-order valence-electron chi connectivity index (χ1n) is 6.14. The van der Waals surface area contributed by atoms with Gasteiger partial charge >= 0.3 is 0 Å². The lowest BCUT2D eigenvalue weighted by molar-refractivity contribution is 0.589. The summed E-state index contributed by atoms with van der Waals surface area (Å²) in [4.78, 5) is 0. The maximum absolute atomic E-state index is 13.7. The summed E-state index contributed by atoms with van der Waals surface area (Å²) in [5.41, 5.74) is 1.00. The van der Waals surface area contributed by atoms with Crippen LogP contribution in [0.2, 0.25) is 0 Å². The van der Waals surface area contributed by atoms with Crippen molar-refractivity contribution in [3.8, 4) is 6.07 Å². The molecule has 0 aliphatic rings. The van der Waals surface area contributed by atoms with Crippen LogP contribution in [0.1, 0.15) is 11.1 Å². The van der Waals surface area contributed by atoms with Crippen molar-refractivity contribution in [2.75, 3.05) is 11.4 Å². The Morgan fingerprint density at radius 1 is 1.14 bits per heavy atom. The minimum Gasteiger partial charge on any atom is -0.270 e. The average Bonchev–Trinajstić information content (AvgIpc) is 2.47. The quantitative estimate of drug-likeness (QED) is 0.872. The summed E-state index contributed by atoms with van der Waals surface area (Å²) in [6.07, 6.45) is 0. The third kappa shape index (κ3) is 3.38. The van der Waals surface area contributed by atoms with Crippen molar-refractivity contribution in [2.45, 2.75) is 5.75 Å². The number of rotatable bonds is 4. The van der Waals surface area contributed by atoms with E-state index < -0.39 is 15.8 Å². The molecule has 0 unspecified atom stereocenters. The van der Waals surface area contributed by atoms with Gasteiger partial charge in [-0.2, -0.15) is 5.26 Å². The van der Waals surface area contributed by atoms with E-state index >= 15 is 0 Å². The van der Waals surface area contributed by atoms with E-state index in [-0.39, 0.29) is 11.4 Å². The summed E-state index contributed by atoms with van der Waals surface area (Å²) in [5, 5.41) is 8.71. The number of benzene rings is 2. The summed E-state index contributed by atoms with van der Waals surface area (Å²) >= 11 is 0. The second-order valence-corrected chi connectivity index (χ2v) is 6.48. The smallest absolute Gasteiger partial charge is 0.239 e. The van der Waals surface area contributed by atoms with Gasteiger partial charge < -0.3 is 0 Å². The summed E-state index contributed by atoms with van der Waals surface area (Å²) in [6.45, 7) is 0. The topological polar surface area (TPSA) is 61.2 Å². The van der Waals surface area contributed by atoms with E-state index in [9.17, 15) is 12.8 Å². The van der Waals surface area contributed by atoms with Gasteiger partial charge in [-0.25, -0.2) is 12.8 Å². The third-order valence-corrected chi connectivity index (χ3v) is 4.77. The van der Waals surface area contributed by atoms with E-state index in [1.807, 2.05) is 6.07 Å². The lowest BCUT2D eigenvalue weighted by Crippen LogP contribution is -2.28. The molecule has 0 saturated heterocycles. The highest BCUT2D eigenvalue weighted by molar-refractivity contribution is 7.92. The van der Waals surface area contributed by atoms with Crippen molar-refractivity contribution in [3.05, 3.63) is 65.5 Å². The van der Waals surface area contributed by atoms with E-state index in [4.69, 9.17) is 5.26 Å². The molecule has 0 aliphatic heterocycles. The molecule has 0 aromatic heterocycles. The Kier molecular flexibility index (Phi) is 4.24. The number of hydrogen-bond donors (Lipinski definition) is 0. The molecule has 0 amide bonds. The standard InChI is InChI=1S/C15H13FN2O2S/c1-18(15-5-3-2-4-14(15)16)21(19,20)11-13-8-6-12(10-17)7-9-13/h2-9H,11H2,1H3. The Bertz CT molecular complexity index is 780. The molecule has 0 N–H and O–H groups in total. The van der Waals surface area contributed by atoms with Crippen molar-refractivity contribution in [1.82, 2.24) is 0 Å². The zero-order valence-corrected chi connectivity index (χ0v) is 12.1. The molecule has 0 radical (unpaired) electrons. The highest BCUT2D eigenvalue weighted by Crippen LogP contribution is 2.22. The Morgan fingerprint density at radius 3 is 2.33 bits per heavy atom. The summed E-state index contributed by atoms with van der Waals surface area (Å²) in [6, 6.07) is 13.9. The van der Waals surface area contributed by atoms with Crippen LogP contribution in [0.25, 0.3) is 0 Å². The molecule has 2 aromatic carbocycles. The van der Waals surface area contributed by atoms with E-state index in [1.54, 1.807) is 30.3 Å². The largest absolute Gasteiger partial charge is 0.270 e. The van der Waals surface area contributed by atoms with Crippen LogP contribution >= 0.6 is 0 Å². The molecule has 108 valence electrons. The summed E-state index contributed by atoms with van der Waals surface area (Å²) < 4.78 is 39.2. The molecule has 0 atom stereocenters. The Morgan fingerprint density at radius 2 is 1.76 bits per heavy atom. The van der Waals surface area contributed by atoms with Gasteiger partial charge in [-0.1, -0.05) is 24.3 Å². The fraction of sp³-hybridized carbons (Fsp3) is 0.133. The maximum Gasteiger partial charge on any atom is 0.239 e. The second kappa shape index (κ2) is 5.94. The molecule has 0 bridgehead atoms. The van der Waals surface area contributed by atoms with Crippen LogP contribution < -0.4 is 4.31 Å². The fourth-order valence-electron chi connectivity index (χ4n) is 1.84. The summed E-state index contributed by atoms with van der Waals surface area (Å²) in [7, 11) is -2.38. The highest BCUT2D eigenvalue weighted by Gasteiger charge is 2.21. The normalized spacial score (nSPS) is 10.9. The Hall–Kier alpha value is -2.39. The van der Waals surface area contributed by atoms with E-state index in [0.717, 1.165) is 4.31 Å². The van der Waals surface area contributed by atoms with E-state index in [2.05, 4.69) is 0 Å². The van der Waals surface area contributed by atoms with Gasteiger partial charge in [0.15, 0.2) is 0 Å². The minimum atomic E-state index is -3.70. The van der Waals surface area contributed by atoms with E-state index in [1.165, 1.54) is 25.2 Å². The lowest BCUT2D eigenvalue weighted by Gasteiger charge is -2.20. The Labute approximate surface area is 123 Å². The number of halogens is 1.